The highest BCUT2D eigenvalue weighted by Gasteiger charge is 2.46. The van der Waals surface area contributed by atoms with Gasteiger partial charge in [0.1, 0.15) is 5.75 Å². The van der Waals surface area contributed by atoms with Gasteiger partial charge in [-0.2, -0.15) is 0 Å². The van der Waals surface area contributed by atoms with Crippen LogP contribution in [0.5, 0.6) is 5.75 Å². The lowest BCUT2D eigenvalue weighted by Crippen LogP contribution is -2.49. The van der Waals surface area contributed by atoms with Gasteiger partial charge in [0.25, 0.3) is 5.91 Å². The maximum Gasteiger partial charge on any atom is 0.254 e. The van der Waals surface area contributed by atoms with Crippen molar-refractivity contribution in [1.82, 2.24) is 4.90 Å². The number of hydrogen-bond acceptors (Lipinski definition) is 3. The summed E-state index contributed by atoms with van der Waals surface area (Å²) in [6.45, 7) is 0.590. The van der Waals surface area contributed by atoms with Crippen LogP contribution in [-0.2, 0) is 11.2 Å². The molecule has 2 heterocycles. The number of halogens is 1. The minimum atomic E-state index is -0.531. The first-order valence-corrected chi connectivity index (χ1v) is 10.6. The number of anilines is 1. The van der Waals surface area contributed by atoms with Gasteiger partial charge in [0.15, 0.2) is 0 Å². The minimum Gasteiger partial charge on any atom is -0.495 e. The first-order chi connectivity index (χ1) is 15.1. The Morgan fingerprint density at radius 3 is 2.58 bits per heavy atom. The predicted octanol–water partition coefficient (Wildman–Crippen LogP) is 4.82. The number of nitrogens with zero attached hydrogens (tertiary/aromatic N) is 1. The quantitative estimate of drug-likeness (QED) is 0.645. The molecule has 2 aliphatic rings. The lowest BCUT2D eigenvalue weighted by Gasteiger charge is -2.45. The van der Waals surface area contributed by atoms with Crippen molar-refractivity contribution in [3.05, 3.63) is 94.0 Å². The highest BCUT2D eigenvalue weighted by Crippen LogP contribution is 2.46. The number of ether oxygens (including phenoxy) is 1. The van der Waals surface area contributed by atoms with E-state index in [1.54, 1.807) is 31.4 Å². The second-order valence-corrected chi connectivity index (χ2v) is 8.20. The summed E-state index contributed by atoms with van der Waals surface area (Å²) in [6, 6.07) is 20.3. The molecular formula is C25H21ClN2O3. The average Bonchev–Trinajstić information content (AvgIpc) is 2.79. The third-order valence-corrected chi connectivity index (χ3v) is 6.43. The van der Waals surface area contributed by atoms with Gasteiger partial charge in [-0.05, 0) is 47.4 Å². The van der Waals surface area contributed by atoms with E-state index in [1.807, 2.05) is 41.3 Å². The van der Waals surface area contributed by atoms with Crippen molar-refractivity contribution >= 4 is 29.1 Å². The number of methoxy groups -OCH3 is 1. The van der Waals surface area contributed by atoms with E-state index in [4.69, 9.17) is 16.3 Å². The summed E-state index contributed by atoms with van der Waals surface area (Å²) >= 11 is 6.25. The molecule has 0 aliphatic carbocycles. The van der Waals surface area contributed by atoms with Crippen molar-refractivity contribution in [3.8, 4) is 5.75 Å². The predicted molar refractivity (Wildman–Crippen MR) is 120 cm³/mol. The smallest absolute Gasteiger partial charge is 0.254 e. The molecule has 3 aromatic rings. The summed E-state index contributed by atoms with van der Waals surface area (Å²) in [5.74, 6) is -0.184. The molecule has 2 atom stereocenters. The van der Waals surface area contributed by atoms with Crippen LogP contribution in [0.25, 0.3) is 0 Å². The number of amides is 2. The molecule has 1 N–H and O–H groups in total. The summed E-state index contributed by atoms with van der Waals surface area (Å²) < 4.78 is 5.20. The van der Waals surface area contributed by atoms with Gasteiger partial charge in [-0.15, -0.1) is 0 Å². The number of hydrogen-bond donors (Lipinski definition) is 1. The van der Waals surface area contributed by atoms with Crippen LogP contribution in [0.3, 0.4) is 0 Å². The molecule has 0 bridgehead atoms. The number of rotatable bonds is 3. The largest absolute Gasteiger partial charge is 0.495 e. The monoisotopic (exact) mass is 432 g/mol. The van der Waals surface area contributed by atoms with Crippen LogP contribution in [0.15, 0.2) is 66.7 Å². The lowest BCUT2D eigenvalue weighted by atomic mass is 9.76. The first kappa shape index (κ1) is 19.6. The third kappa shape index (κ3) is 3.26. The summed E-state index contributed by atoms with van der Waals surface area (Å²) in [6.07, 6.45) is 0.781. The van der Waals surface area contributed by atoms with E-state index in [1.165, 1.54) is 5.56 Å². The van der Waals surface area contributed by atoms with E-state index in [-0.39, 0.29) is 17.9 Å². The number of carbonyl (C=O) groups excluding carboxylic acids is 2. The van der Waals surface area contributed by atoms with E-state index < -0.39 is 5.92 Å². The fourth-order valence-corrected chi connectivity index (χ4v) is 4.98. The number of carbonyl (C=O) groups is 2. The second-order valence-electron chi connectivity index (χ2n) is 7.80. The van der Waals surface area contributed by atoms with Gasteiger partial charge < -0.3 is 15.0 Å². The molecule has 6 heteroatoms. The van der Waals surface area contributed by atoms with E-state index in [9.17, 15) is 9.59 Å². The summed E-state index contributed by atoms with van der Waals surface area (Å²) in [4.78, 5) is 28.8. The van der Waals surface area contributed by atoms with E-state index >= 15 is 0 Å². The molecule has 2 amide bonds. The maximum atomic E-state index is 13.6. The molecule has 0 saturated heterocycles. The van der Waals surface area contributed by atoms with Gasteiger partial charge in [0.05, 0.1) is 24.1 Å². The van der Waals surface area contributed by atoms with E-state index in [0.29, 0.717) is 28.6 Å². The number of benzene rings is 3. The van der Waals surface area contributed by atoms with Crippen LogP contribution in [0, 0.1) is 0 Å². The summed E-state index contributed by atoms with van der Waals surface area (Å²) in [5, 5.41) is 3.43. The van der Waals surface area contributed by atoms with Crippen LogP contribution in [0.1, 0.15) is 39.0 Å². The third-order valence-electron chi connectivity index (χ3n) is 6.14. The van der Waals surface area contributed by atoms with Gasteiger partial charge in [0.2, 0.25) is 5.91 Å². The topological polar surface area (TPSA) is 58.6 Å². The normalized spacial score (nSPS) is 19.2. The molecule has 5 nitrogen and oxygen atoms in total. The zero-order chi connectivity index (χ0) is 21.5. The average molecular weight is 433 g/mol. The molecule has 0 fully saturated rings. The minimum absolute atomic E-state index is 0.0216. The Morgan fingerprint density at radius 2 is 1.81 bits per heavy atom. The van der Waals surface area contributed by atoms with Gasteiger partial charge in [-0.1, -0.05) is 54.1 Å². The molecule has 156 valence electrons. The van der Waals surface area contributed by atoms with Crippen molar-refractivity contribution in [2.75, 3.05) is 19.0 Å². The van der Waals surface area contributed by atoms with Crippen molar-refractivity contribution in [3.63, 3.8) is 0 Å². The van der Waals surface area contributed by atoms with E-state index in [0.717, 1.165) is 17.5 Å². The summed E-state index contributed by atoms with van der Waals surface area (Å²) in [7, 11) is 1.55. The van der Waals surface area contributed by atoms with Crippen LogP contribution >= 0.6 is 11.6 Å². The Balaban J connectivity index is 1.59. The van der Waals surface area contributed by atoms with Crippen molar-refractivity contribution in [2.24, 2.45) is 0 Å². The zero-order valence-electron chi connectivity index (χ0n) is 17.0. The summed E-state index contributed by atoms with van der Waals surface area (Å²) in [5.41, 5.74) is 4.14. The molecule has 2 aliphatic heterocycles. The van der Waals surface area contributed by atoms with Crippen molar-refractivity contribution in [1.29, 1.82) is 0 Å². The Morgan fingerprint density at radius 1 is 1.06 bits per heavy atom. The van der Waals surface area contributed by atoms with Crippen molar-refractivity contribution < 1.29 is 14.3 Å². The maximum absolute atomic E-state index is 13.6. The first-order valence-electron chi connectivity index (χ1n) is 10.2. The highest BCUT2D eigenvalue weighted by molar-refractivity contribution is 6.32. The molecule has 0 aromatic heterocycles. The number of nitrogens with one attached hydrogen (secondary N) is 1. The Hall–Kier alpha value is -3.31. The zero-order valence-corrected chi connectivity index (χ0v) is 17.7. The fourth-order valence-electron chi connectivity index (χ4n) is 4.72. The molecule has 0 radical (unpaired) electrons. The highest BCUT2D eigenvalue weighted by atomic mass is 35.5. The number of fused-ring (bicyclic) bond motifs is 4. The molecule has 0 unspecified atom stereocenters. The van der Waals surface area contributed by atoms with Crippen LogP contribution in [0.4, 0.5) is 5.69 Å². The molecule has 5 rings (SSSR count). The lowest BCUT2D eigenvalue weighted by molar-refractivity contribution is -0.119. The van der Waals surface area contributed by atoms with Crippen molar-refractivity contribution in [2.45, 2.75) is 18.4 Å². The SMILES string of the molecule is COc1ccc(NC(=O)[C@H]2c3ccccc3C(=O)N3CCc4ccccc4[C@@H]23)cc1Cl. The van der Waals surface area contributed by atoms with Gasteiger partial charge >= 0.3 is 0 Å². The van der Waals surface area contributed by atoms with Gasteiger partial charge in [0, 0.05) is 17.8 Å². The van der Waals surface area contributed by atoms with E-state index in [2.05, 4.69) is 11.4 Å². The Bertz CT molecular complexity index is 1190. The second kappa shape index (κ2) is 7.75. The molecule has 31 heavy (non-hydrogen) atoms. The Kier molecular flexibility index (Phi) is 4.91. The molecule has 0 spiro atoms. The van der Waals surface area contributed by atoms with Crippen LogP contribution in [-0.4, -0.2) is 30.4 Å². The molecular weight excluding hydrogens is 412 g/mol. The fraction of sp³-hybridized carbons (Fsp3) is 0.200. The molecule has 0 saturated carbocycles. The molecule has 3 aromatic carbocycles. The van der Waals surface area contributed by atoms with Crippen LogP contribution < -0.4 is 10.1 Å². The standard InChI is InChI=1S/C25H21ClN2O3/c1-31-21-11-10-16(14-20(21)26)27-24(29)22-18-8-4-5-9-19(18)25(30)28-13-12-15-6-2-3-7-17(15)23(22)28/h2-11,14,22-23H,12-13H2,1H3,(H,27,29)/t22-,23-/m0/s1. The van der Waals surface area contributed by atoms with Crippen LogP contribution in [0.2, 0.25) is 5.02 Å². The van der Waals surface area contributed by atoms with Gasteiger partial charge in [-0.3, -0.25) is 9.59 Å². The van der Waals surface area contributed by atoms with Gasteiger partial charge in [-0.25, -0.2) is 0 Å². The Labute approximate surface area is 185 Å².